The molecule has 0 spiro atoms. The Balaban J connectivity index is 2.15. The number of rotatable bonds is 4. The molecule has 1 heterocycles. The van der Waals surface area contributed by atoms with E-state index in [1.54, 1.807) is 11.3 Å². The van der Waals surface area contributed by atoms with Crippen molar-refractivity contribution in [3.63, 3.8) is 0 Å². The molecule has 0 bridgehead atoms. The summed E-state index contributed by atoms with van der Waals surface area (Å²) in [6.07, 6.45) is 0.634. The largest absolute Gasteiger partial charge is 0.481 e. The van der Waals surface area contributed by atoms with E-state index < -0.39 is 5.97 Å². The highest BCUT2D eigenvalue weighted by atomic mass is 32.1. The lowest BCUT2D eigenvalue weighted by atomic mass is 10.1. The first-order valence-corrected chi connectivity index (χ1v) is 6.26. The molecule has 2 aromatic rings. The fourth-order valence-electron chi connectivity index (χ4n) is 1.57. The zero-order valence-electron chi connectivity index (χ0n) is 9.51. The maximum Gasteiger partial charge on any atom is 0.303 e. The molecule has 0 aliphatic heterocycles. The van der Waals surface area contributed by atoms with Crippen LogP contribution in [0.25, 0.3) is 10.6 Å². The quantitative estimate of drug-likeness (QED) is 0.903. The fourth-order valence-corrected chi connectivity index (χ4v) is 2.42. The molecule has 0 atom stereocenters. The molecule has 1 aromatic carbocycles. The summed E-state index contributed by atoms with van der Waals surface area (Å²) in [5.41, 5.74) is 3.15. The molecule has 0 unspecified atom stereocenters. The molecule has 1 N–H and O–H groups in total. The summed E-state index contributed by atoms with van der Waals surface area (Å²) in [7, 11) is 0. The highest BCUT2D eigenvalue weighted by Gasteiger charge is 2.06. The molecule has 0 aliphatic rings. The highest BCUT2D eigenvalue weighted by molar-refractivity contribution is 7.13. The van der Waals surface area contributed by atoms with Gasteiger partial charge in [-0.1, -0.05) is 23.8 Å². The van der Waals surface area contributed by atoms with E-state index in [0.29, 0.717) is 6.42 Å². The number of aliphatic carboxylic acids is 1. The van der Waals surface area contributed by atoms with Crippen molar-refractivity contribution >= 4 is 17.3 Å². The van der Waals surface area contributed by atoms with Crippen LogP contribution in [-0.2, 0) is 11.2 Å². The Morgan fingerprint density at radius 1 is 1.47 bits per heavy atom. The van der Waals surface area contributed by atoms with Gasteiger partial charge in [-0.3, -0.25) is 4.79 Å². The van der Waals surface area contributed by atoms with Crippen LogP contribution in [0.3, 0.4) is 0 Å². The van der Waals surface area contributed by atoms with Crippen molar-refractivity contribution < 1.29 is 9.90 Å². The molecular formula is C13H13NO2S. The van der Waals surface area contributed by atoms with E-state index >= 15 is 0 Å². The zero-order chi connectivity index (χ0) is 12.3. The van der Waals surface area contributed by atoms with E-state index in [2.05, 4.69) is 11.1 Å². The maximum atomic E-state index is 10.5. The van der Waals surface area contributed by atoms with Crippen LogP contribution < -0.4 is 0 Å². The van der Waals surface area contributed by atoms with Gasteiger partial charge in [0.1, 0.15) is 5.01 Å². The topological polar surface area (TPSA) is 50.2 Å². The molecule has 0 saturated heterocycles. The van der Waals surface area contributed by atoms with Crippen molar-refractivity contribution in [3.8, 4) is 10.6 Å². The van der Waals surface area contributed by atoms with Crippen LogP contribution in [0.2, 0.25) is 0 Å². The van der Waals surface area contributed by atoms with Crippen LogP contribution in [0.5, 0.6) is 0 Å². The number of benzene rings is 1. The summed E-state index contributed by atoms with van der Waals surface area (Å²) in [4.78, 5) is 14.9. The number of hydrogen-bond acceptors (Lipinski definition) is 3. The molecular weight excluding hydrogens is 234 g/mol. The van der Waals surface area contributed by atoms with Crippen LogP contribution in [-0.4, -0.2) is 16.1 Å². The van der Waals surface area contributed by atoms with Crippen molar-refractivity contribution in [1.82, 2.24) is 4.98 Å². The summed E-state index contributed by atoms with van der Waals surface area (Å²) in [6.45, 7) is 2.04. The third-order valence-corrected chi connectivity index (χ3v) is 3.35. The summed E-state index contributed by atoms with van der Waals surface area (Å²) in [5.74, 6) is -0.782. The number of aromatic nitrogens is 1. The van der Waals surface area contributed by atoms with Gasteiger partial charge in [-0.25, -0.2) is 4.98 Å². The Kier molecular flexibility index (Phi) is 3.54. The highest BCUT2D eigenvalue weighted by Crippen LogP contribution is 2.24. The first-order valence-electron chi connectivity index (χ1n) is 5.38. The number of carbonyl (C=O) groups is 1. The number of carboxylic acid groups (broad SMARTS) is 1. The van der Waals surface area contributed by atoms with E-state index in [0.717, 1.165) is 16.3 Å². The van der Waals surface area contributed by atoms with E-state index in [4.69, 9.17) is 5.11 Å². The predicted molar refractivity (Wildman–Crippen MR) is 68.2 cm³/mol. The molecule has 17 heavy (non-hydrogen) atoms. The Hall–Kier alpha value is -1.68. The van der Waals surface area contributed by atoms with Crippen LogP contribution in [0, 0.1) is 6.92 Å². The lowest BCUT2D eigenvalue weighted by Crippen LogP contribution is -1.97. The van der Waals surface area contributed by atoms with Crippen LogP contribution in [0.1, 0.15) is 17.7 Å². The van der Waals surface area contributed by atoms with Gasteiger partial charge in [0, 0.05) is 17.4 Å². The molecule has 2 rings (SSSR count). The minimum atomic E-state index is -0.782. The predicted octanol–water partition coefficient (Wildman–Crippen LogP) is 3.14. The number of carboxylic acids is 1. The fraction of sp³-hybridized carbons (Fsp3) is 0.231. The van der Waals surface area contributed by atoms with Crippen molar-refractivity contribution in [1.29, 1.82) is 0 Å². The Bertz CT molecular complexity index is 534. The Morgan fingerprint density at radius 3 is 3.00 bits per heavy atom. The molecule has 0 fully saturated rings. The minimum Gasteiger partial charge on any atom is -0.481 e. The summed E-state index contributed by atoms with van der Waals surface area (Å²) in [6, 6.07) is 8.15. The average molecular weight is 247 g/mol. The Morgan fingerprint density at radius 2 is 2.29 bits per heavy atom. The lowest BCUT2D eigenvalue weighted by molar-refractivity contribution is -0.136. The van der Waals surface area contributed by atoms with Gasteiger partial charge in [0.05, 0.1) is 12.1 Å². The van der Waals surface area contributed by atoms with Gasteiger partial charge in [-0.2, -0.15) is 0 Å². The molecule has 88 valence electrons. The monoisotopic (exact) mass is 247 g/mol. The third kappa shape index (κ3) is 3.14. The first-order chi connectivity index (χ1) is 8.15. The third-order valence-electron chi connectivity index (χ3n) is 2.41. The minimum absolute atomic E-state index is 0.136. The number of aryl methyl sites for hydroxylation is 2. The molecule has 0 saturated carbocycles. The molecule has 0 amide bonds. The van der Waals surface area contributed by atoms with Gasteiger partial charge < -0.3 is 5.11 Å². The maximum absolute atomic E-state index is 10.5. The van der Waals surface area contributed by atoms with E-state index in [1.165, 1.54) is 5.56 Å². The van der Waals surface area contributed by atoms with E-state index in [9.17, 15) is 4.79 Å². The van der Waals surface area contributed by atoms with Crippen molar-refractivity contribution in [2.24, 2.45) is 0 Å². The van der Waals surface area contributed by atoms with Crippen molar-refractivity contribution in [2.75, 3.05) is 0 Å². The van der Waals surface area contributed by atoms with Crippen molar-refractivity contribution in [3.05, 3.63) is 40.9 Å². The summed E-state index contributed by atoms with van der Waals surface area (Å²) >= 11 is 1.56. The second kappa shape index (κ2) is 5.10. The van der Waals surface area contributed by atoms with Gasteiger partial charge in [0.2, 0.25) is 0 Å². The summed E-state index contributed by atoms with van der Waals surface area (Å²) in [5, 5.41) is 11.5. The van der Waals surface area contributed by atoms with Gasteiger partial charge in [0.15, 0.2) is 0 Å². The standard InChI is InChI=1S/C13H13NO2S/c1-9-3-2-4-10(7-9)13-14-11(8-17-13)5-6-12(15)16/h2-4,7-8H,5-6H2,1H3,(H,15,16). The normalized spacial score (nSPS) is 10.4. The molecule has 3 nitrogen and oxygen atoms in total. The smallest absolute Gasteiger partial charge is 0.303 e. The van der Waals surface area contributed by atoms with Crippen LogP contribution >= 0.6 is 11.3 Å². The van der Waals surface area contributed by atoms with Gasteiger partial charge >= 0.3 is 5.97 Å². The molecule has 4 heteroatoms. The van der Waals surface area contributed by atoms with Gasteiger partial charge in [0.25, 0.3) is 0 Å². The average Bonchev–Trinajstić information content (AvgIpc) is 2.75. The number of hydrogen-bond donors (Lipinski definition) is 1. The SMILES string of the molecule is Cc1cccc(-c2nc(CCC(=O)O)cs2)c1. The Labute approximate surface area is 104 Å². The second-order valence-electron chi connectivity index (χ2n) is 3.91. The lowest BCUT2D eigenvalue weighted by Gasteiger charge is -1.97. The zero-order valence-corrected chi connectivity index (χ0v) is 10.3. The number of thiazole rings is 1. The van der Waals surface area contributed by atoms with Crippen LogP contribution in [0.4, 0.5) is 0 Å². The van der Waals surface area contributed by atoms with Gasteiger partial charge in [-0.15, -0.1) is 11.3 Å². The number of nitrogens with zero attached hydrogens (tertiary/aromatic N) is 1. The van der Waals surface area contributed by atoms with E-state index in [-0.39, 0.29) is 6.42 Å². The summed E-state index contributed by atoms with van der Waals surface area (Å²) < 4.78 is 0. The van der Waals surface area contributed by atoms with Crippen molar-refractivity contribution in [2.45, 2.75) is 19.8 Å². The van der Waals surface area contributed by atoms with Crippen LogP contribution in [0.15, 0.2) is 29.6 Å². The molecule has 1 aromatic heterocycles. The molecule has 0 radical (unpaired) electrons. The second-order valence-corrected chi connectivity index (χ2v) is 4.77. The van der Waals surface area contributed by atoms with Gasteiger partial charge in [-0.05, 0) is 13.0 Å². The van der Waals surface area contributed by atoms with E-state index in [1.807, 2.05) is 30.5 Å². The first kappa shape index (κ1) is 11.8. The molecule has 0 aliphatic carbocycles.